The Bertz CT molecular complexity index is 934. The first-order valence-electron chi connectivity index (χ1n) is 7.92. The van der Waals surface area contributed by atoms with Gasteiger partial charge < -0.3 is 10.1 Å². The standard InChI is InChI=1S/C19H16ClN3O2/c1-25-15-7-5-14(6-8-15)23-11-21-18-16(10-17(24)22-19(18)23)12-3-2-4-13(20)9-12/h2-9,11,16H,10H2,1H3,(H,22,24)/t16-/m0/s1. The minimum absolute atomic E-state index is 0.0345. The molecule has 0 saturated carbocycles. The molecule has 0 aliphatic carbocycles. The van der Waals surface area contributed by atoms with Crippen LogP contribution in [0.25, 0.3) is 5.69 Å². The van der Waals surface area contributed by atoms with Crippen LogP contribution >= 0.6 is 11.6 Å². The number of fused-ring (bicyclic) bond motifs is 1. The summed E-state index contributed by atoms with van der Waals surface area (Å²) >= 11 is 6.12. The quantitative estimate of drug-likeness (QED) is 0.774. The van der Waals surface area contributed by atoms with Crippen LogP contribution in [0.15, 0.2) is 54.9 Å². The molecule has 1 atom stereocenters. The van der Waals surface area contributed by atoms with Gasteiger partial charge in [0.05, 0.1) is 12.8 Å². The second kappa shape index (κ2) is 6.26. The summed E-state index contributed by atoms with van der Waals surface area (Å²) in [7, 11) is 1.63. The van der Waals surface area contributed by atoms with Crippen LogP contribution in [0, 0.1) is 0 Å². The molecule has 1 aromatic heterocycles. The van der Waals surface area contributed by atoms with Gasteiger partial charge >= 0.3 is 0 Å². The Kier molecular flexibility index (Phi) is 3.93. The SMILES string of the molecule is COc1ccc(-n2cnc3c2NC(=O)C[C@H]3c2cccc(Cl)c2)cc1. The Morgan fingerprint density at radius 2 is 2.04 bits per heavy atom. The van der Waals surface area contributed by atoms with Crippen molar-refractivity contribution in [1.82, 2.24) is 9.55 Å². The van der Waals surface area contributed by atoms with Crippen LogP contribution in [0.2, 0.25) is 5.02 Å². The molecule has 0 fully saturated rings. The zero-order chi connectivity index (χ0) is 17.4. The predicted octanol–water partition coefficient (Wildman–Crippen LogP) is 4.01. The number of halogens is 1. The van der Waals surface area contributed by atoms with Crippen molar-refractivity contribution in [2.75, 3.05) is 12.4 Å². The van der Waals surface area contributed by atoms with Crippen LogP contribution in [0.1, 0.15) is 23.6 Å². The molecule has 1 N–H and O–H groups in total. The number of imidazole rings is 1. The molecule has 0 bridgehead atoms. The summed E-state index contributed by atoms with van der Waals surface area (Å²) in [6.07, 6.45) is 2.09. The zero-order valence-corrected chi connectivity index (χ0v) is 14.3. The maximum Gasteiger partial charge on any atom is 0.226 e. The number of nitrogens with zero attached hydrogens (tertiary/aromatic N) is 2. The summed E-state index contributed by atoms with van der Waals surface area (Å²) in [5.74, 6) is 1.33. The molecule has 2 aromatic carbocycles. The van der Waals surface area contributed by atoms with Crippen LogP contribution in [0.3, 0.4) is 0 Å². The highest BCUT2D eigenvalue weighted by atomic mass is 35.5. The van der Waals surface area contributed by atoms with Gasteiger partial charge in [-0.2, -0.15) is 0 Å². The van der Waals surface area contributed by atoms with Gasteiger partial charge in [0.25, 0.3) is 0 Å². The lowest BCUT2D eigenvalue weighted by atomic mass is 9.90. The van der Waals surface area contributed by atoms with E-state index in [1.807, 2.05) is 53.1 Å². The second-order valence-corrected chi connectivity index (χ2v) is 6.34. The van der Waals surface area contributed by atoms with E-state index in [0.717, 1.165) is 22.7 Å². The average molecular weight is 354 g/mol. The molecule has 3 aromatic rings. The number of hydrogen-bond donors (Lipinski definition) is 1. The lowest BCUT2D eigenvalue weighted by Gasteiger charge is -2.23. The minimum atomic E-state index is -0.109. The van der Waals surface area contributed by atoms with E-state index in [4.69, 9.17) is 16.3 Å². The van der Waals surface area contributed by atoms with Crippen molar-refractivity contribution in [1.29, 1.82) is 0 Å². The number of benzene rings is 2. The van der Waals surface area contributed by atoms with E-state index in [1.54, 1.807) is 13.4 Å². The number of ether oxygens (including phenoxy) is 1. The normalized spacial score (nSPS) is 16.2. The third-order valence-corrected chi connectivity index (χ3v) is 4.61. The fraction of sp³-hybridized carbons (Fsp3) is 0.158. The first-order valence-corrected chi connectivity index (χ1v) is 8.30. The lowest BCUT2D eigenvalue weighted by Crippen LogP contribution is -2.24. The molecule has 2 heterocycles. The average Bonchev–Trinajstić information content (AvgIpc) is 3.04. The van der Waals surface area contributed by atoms with E-state index < -0.39 is 0 Å². The molecule has 1 aliphatic heterocycles. The fourth-order valence-electron chi connectivity index (χ4n) is 3.14. The summed E-state index contributed by atoms with van der Waals surface area (Å²) in [6, 6.07) is 15.2. The molecule has 1 aliphatic rings. The van der Waals surface area contributed by atoms with Gasteiger partial charge in [0, 0.05) is 23.0 Å². The maximum absolute atomic E-state index is 12.3. The monoisotopic (exact) mass is 353 g/mol. The van der Waals surface area contributed by atoms with Crippen LogP contribution in [-0.4, -0.2) is 22.6 Å². The van der Waals surface area contributed by atoms with Gasteiger partial charge in [-0.3, -0.25) is 9.36 Å². The van der Waals surface area contributed by atoms with Gasteiger partial charge in [0.2, 0.25) is 5.91 Å². The Morgan fingerprint density at radius 1 is 1.24 bits per heavy atom. The van der Waals surface area contributed by atoms with Crippen LogP contribution in [0.5, 0.6) is 5.75 Å². The second-order valence-electron chi connectivity index (χ2n) is 5.91. The molecule has 4 rings (SSSR count). The topological polar surface area (TPSA) is 56.1 Å². The van der Waals surface area contributed by atoms with Gasteiger partial charge in [0.15, 0.2) is 0 Å². The number of amides is 1. The number of anilines is 1. The Morgan fingerprint density at radius 3 is 2.76 bits per heavy atom. The molecule has 5 nitrogen and oxygen atoms in total. The fourth-order valence-corrected chi connectivity index (χ4v) is 3.34. The van der Waals surface area contributed by atoms with Gasteiger partial charge in [0.1, 0.15) is 17.9 Å². The van der Waals surface area contributed by atoms with Gasteiger partial charge in [-0.1, -0.05) is 23.7 Å². The molecule has 25 heavy (non-hydrogen) atoms. The van der Waals surface area contributed by atoms with E-state index in [2.05, 4.69) is 10.3 Å². The summed E-state index contributed by atoms with van der Waals surface area (Å²) in [6.45, 7) is 0. The summed E-state index contributed by atoms with van der Waals surface area (Å²) < 4.78 is 7.07. The number of carbonyl (C=O) groups excluding carboxylic acids is 1. The Balaban J connectivity index is 1.78. The predicted molar refractivity (Wildman–Crippen MR) is 96.7 cm³/mol. The summed E-state index contributed by atoms with van der Waals surface area (Å²) in [4.78, 5) is 16.8. The highest BCUT2D eigenvalue weighted by molar-refractivity contribution is 6.30. The first kappa shape index (κ1) is 15.7. The summed E-state index contributed by atoms with van der Waals surface area (Å²) in [5.41, 5.74) is 2.74. The number of rotatable bonds is 3. The number of aromatic nitrogens is 2. The lowest BCUT2D eigenvalue weighted by molar-refractivity contribution is -0.116. The molecule has 0 saturated heterocycles. The first-order chi connectivity index (χ1) is 12.2. The minimum Gasteiger partial charge on any atom is -0.497 e. The smallest absolute Gasteiger partial charge is 0.226 e. The maximum atomic E-state index is 12.3. The molecule has 126 valence electrons. The molecular weight excluding hydrogens is 338 g/mol. The van der Waals surface area contributed by atoms with Crippen LogP contribution in [-0.2, 0) is 4.79 Å². The van der Waals surface area contributed by atoms with Crippen molar-refractivity contribution >= 4 is 23.3 Å². The molecular formula is C19H16ClN3O2. The Hall–Kier alpha value is -2.79. The van der Waals surface area contributed by atoms with Crippen LogP contribution < -0.4 is 10.1 Å². The zero-order valence-electron chi connectivity index (χ0n) is 13.6. The summed E-state index contributed by atoms with van der Waals surface area (Å²) in [5, 5.41) is 3.60. The van der Waals surface area contributed by atoms with Crippen molar-refractivity contribution in [2.24, 2.45) is 0 Å². The number of methoxy groups -OCH3 is 1. The third-order valence-electron chi connectivity index (χ3n) is 4.37. The Labute approximate surface area is 150 Å². The van der Waals surface area contributed by atoms with E-state index >= 15 is 0 Å². The molecule has 0 spiro atoms. The van der Waals surface area contributed by atoms with E-state index in [9.17, 15) is 4.79 Å². The molecule has 0 radical (unpaired) electrons. The van der Waals surface area contributed by atoms with Crippen molar-refractivity contribution < 1.29 is 9.53 Å². The van der Waals surface area contributed by atoms with Crippen molar-refractivity contribution in [3.8, 4) is 11.4 Å². The number of carbonyl (C=O) groups is 1. The van der Waals surface area contributed by atoms with Gasteiger partial charge in [-0.15, -0.1) is 0 Å². The largest absolute Gasteiger partial charge is 0.497 e. The number of hydrogen-bond acceptors (Lipinski definition) is 3. The van der Waals surface area contributed by atoms with Crippen molar-refractivity contribution in [3.63, 3.8) is 0 Å². The molecule has 0 unspecified atom stereocenters. The number of nitrogens with one attached hydrogen (secondary N) is 1. The highest BCUT2D eigenvalue weighted by Gasteiger charge is 2.31. The highest BCUT2D eigenvalue weighted by Crippen LogP contribution is 2.38. The molecule has 6 heteroatoms. The van der Waals surface area contributed by atoms with E-state index in [1.165, 1.54) is 0 Å². The van der Waals surface area contributed by atoms with E-state index in [-0.39, 0.29) is 11.8 Å². The van der Waals surface area contributed by atoms with Gasteiger partial charge in [-0.05, 0) is 42.0 Å². The van der Waals surface area contributed by atoms with Crippen molar-refractivity contribution in [3.05, 3.63) is 71.1 Å². The molecule has 1 amide bonds. The van der Waals surface area contributed by atoms with E-state index in [0.29, 0.717) is 17.3 Å². The van der Waals surface area contributed by atoms with Crippen LogP contribution in [0.4, 0.5) is 5.82 Å². The van der Waals surface area contributed by atoms with Crippen molar-refractivity contribution in [2.45, 2.75) is 12.3 Å². The third kappa shape index (κ3) is 2.87. The van der Waals surface area contributed by atoms with Gasteiger partial charge in [-0.25, -0.2) is 4.98 Å².